The Hall–Kier alpha value is -1.32. The molecular weight excluding hydrogens is 202 g/mol. The minimum atomic E-state index is 0.517. The van der Waals surface area contributed by atoms with Crippen LogP contribution in [0.5, 0.6) is 5.88 Å². The van der Waals surface area contributed by atoms with Gasteiger partial charge in [-0.1, -0.05) is 6.92 Å². The van der Waals surface area contributed by atoms with Crippen LogP contribution in [0.1, 0.15) is 32.6 Å². The Balaban J connectivity index is 1.93. The van der Waals surface area contributed by atoms with Gasteiger partial charge in [0.2, 0.25) is 11.8 Å². The second-order valence-corrected chi connectivity index (χ2v) is 4.52. The molecule has 2 rings (SSSR count). The third-order valence-electron chi connectivity index (χ3n) is 3.19. The molecule has 0 radical (unpaired) electrons. The van der Waals surface area contributed by atoms with Gasteiger partial charge in [-0.2, -0.15) is 4.98 Å². The van der Waals surface area contributed by atoms with Crippen molar-refractivity contribution in [2.24, 2.45) is 5.92 Å². The summed E-state index contributed by atoms with van der Waals surface area (Å²) < 4.78 is 5.07. The summed E-state index contributed by atoms with van der Waals surface area (Å²) in [6.07, 6.45) is 6.73. The molecule has 1 heterocycles. The van der Waals surface area contributed by atoms with Crippen LogP contribution in [0.15, 0.2) is 12.3 Å². The van der Waals surface area contributed by atoms with Crippen LogP contribution < -0.4 is 10.1 Å². The van der Waals surface area contributed by atoms with Gasteiger partial charge < -0.3 is 10.1 Å². The van der Waals surface area contributed by atoms with Gasteiger partial charge >= 0.3 is 0 Å². The lowest BCUT2D eigenvalue weighted by molar-refractivity contribution is 0.359. The van der Waals surface area contributed by atoms with E-state index in [-0.39, 0.29) is 0 Å². The number of methoxy groups -OCH3 is 1. The molecule has 1 fully saturated rings. The lowest BCUT2D eigenvalue weighted by Crippen LogP contribution is -2.26. The zero-order valence-corrected chi connectivity index (χ0v) is 9.94. The Bertz CT molecular complexity index is 335. The molecule has 0 atom stereocenters. The van der Waals surface area contributed by atoms with Crippen LogP contribution >= 0.6 is 0 Å². The average molecular weight is 221 g/mol. The van der Waals surface area contributed by atoms with Gasteiger partial charge in [-0.3, -0.25) is 0 Å². The number of ether oxygens (including phenoxy) is 1. The average Bonchev–Trinajstić information content (AvgIpc) is 2.32. The molecule has 1 aromatic rings. The minimum Gasteiger partial charge on any atom is -0.481 e. The molecule has 1 aliphatic carbocycles. The predicted molar refractivity (Wildman–Crippen MR) is 63.6 cm³/mol. The zero-order valence-electron chi connectivity index (χ0n) is 9.94. The molecule has 0 aromatic carbocycles. The number of hydrogen-bond acceptors (Lipinski definition) is 4. The van der Waals surface area contributed by atoms with Crippen LogP contribution in [0.3, 0.4) is 0 Å². The molecule has 1 aliphatic rings. The van der Waals surface area contributed by atoms with Crippen LogP contribution in [-0.2, 0) is 0 Å². The molecule has 1 N–H and O–H groups in total. The van der Waals surface area contributed by atoms with Gasteiger partial charge in [0.15, 0.2) is 0 Å². The van der Waals surface area contributed by atoms with Crippen molar-refractivity contribution >= 4 is 5.95 Å². The summed E-state index contributed by atoms with van der Waals surface area (Å²) in [5.74, 6) is 2.16. The third-order valence-corrected chi connectivity index (χ3v) is 3.19. The summed E-state index contributed by atoms with van der Waals surface area (Å²) in [5.41, 5.74) is 0. The Morgan fingerprint density at radius 2 is 2.06 bits per heavy atom. The van der Waals surface area contributed by atoms with E-state index in [2.05, 4.69) is 22.2 Å². The van der Waals surface area contributed by atoms with Gasteiger partial charge in [0.25, 0.3) is 0 Å². The normalized spacial score (nSPS) is 25.1. The first-order valence-electron chi connectivity index (χ1n) is 5.91. The van der Waals surface area contributed by atoms with E-state index in [1.54, 1.807) is 19.4 Å². The van der Waals surface area contributed by atoms with Crippen molar-refractivity contribution in [3.63, 3.8) is 0 Å². The van der Waals surface area contributed by atoms with Gasteiger partial charge in [-0.25, -0.2) is 4.98 Å². The molecule has 16 heavy (non-hydrogen) atoms. The largest absolute Gasteiger partial charge is 0.481 e. The molecule has 0 aliphatic heterocycles. The van der Waals surface area contributed by atoms with Crippen molar-refractivity contribution in [1.82, 2.24) is 9.97 Å². The molecule has 4 heteroatoms. The van der Waals surface area contributed by atoms with Gasteiger partial charge in [-0.05, 0) is 31.6 Å². The van der Waals surface area contributed by atoms with E-state index in [0.717, 1.165) is 5.92 Å². The highest BCUT2D eigenvalue weighted by Crippen LogP contribution is 2.25. The Morgan fingerprint density at radius 1 is 1.31 bits per heavy atom. The molecule has 0 bridgehead atoms. The summed E-state index contributed by atoms with van der Waals surface area (Å²) in [5, 5.41) is 3.37. The van der Waals surface area contributed by atoms with Crippen molar-refractivity contribution in [2.75, 3.05) is 12.4 Å². The fourth-order valence-corrected chi connectivity index (χ4v) is 2.11. The maximum atomic E-state index is 5.07. The summed E-state index contributed by atoms with van der Waals surface area (Å²) in [4.78, 5) is 8.46. The molecule has 1 aromatic heterocycles. The van der Waals surface area contributed by atoms with E-state index in [1.165, 1.54) is 25.7 Å². The smallest absolute Gasteiger partial charge is 0.226 e. The topological polar surface area (TPSA) is 47.0 Å². The fraction of sp³-hybridized carbons (Fsp3) is 0.667. The Kier molecular flexibility index (Phi) is 3.59. The number of nitrogens with zero attached hydrogens (tertiary/aromatic N) is 2. The van der Waals surface area contributed by atoms with E-state index < -0.39 is 0 Å². The van der Waals surface area contributed by atoms with Crippen molar-refractivity contribution < 1.29 is 4.74 Å². The summed E-state index contributed by atoms with van der Waals surface area (Å²) in [6, 6.07) is 2.28. The number of aromatic nitrogens is 2. The van der Waals surface area contributed by atoms with Gasteiger partial charge in [0, 0.05) is 18.3 Å². The highest BCUT2D eigenvalue weighted by atomic mass is 16.5. The molecule has 4 nitrogen and oxygen atoms in total. The van der Waals surface area contributed by atoms with Crippen LogP contribution in [0.2, 0.25) is 0 Å². The second-order valence-electron chi connectivity index (χ2n) is 4.52. The molecular formula is C12H19N3O. The summed E-state index contributed by atoms with van der Waals surface area (Å²) in [7, 11) is 1.62. The molecule has 0 unspecified atom stereocenters. The highest BCUT2D eigenvalue weighted by molar-refractivity contribution is 5.28. The number of anilines is 1. The predicted octanol–water partition coefficient (Wildman–Crippen LogP) is 2.48. The van der Waals surface area contributed by atoms with Crippen LogP contribution in [0.25, 0.3) is 0 Å². The van der Waals surface area contributed by atoms with Gasteiger partial charge in [-0.15, -0.1) is 0 Å². The Labute approximate surface area is 96.4 Å². The van der Waals surface area contributed by atoms with E-state index >= 15 is 0 Å². The highest BCUT2D eigenvalue weighted by Gasteiger charge is 2.18. The standard InChI is InChI=1S/C12H19N3O/c1-9-3-5-10(6-4-9)14-12-13-8-7-11(15-12)16-2/h7-10H,3-6H2,1-2H3,(H,13,14,15)/t9-,10-. The first-order valence-corrected chi connectivity index (χ1v) is 5.91. The monoisotopic (exact) mass is 221 g/mol. The lowest BCUT2D eigenvalue weighted by atomic mass is 9.87. The molecule has 88 valence electrons. The van der Waals surface area contributed by atoms with E-state index in [0.29, 0.717) is 17.9 Å². The van der Waals surface area contributed by atoms with Crippen LogP contribution in [0, 0.1) is 5.92 Å². The van der Waals surface area contributed by atoms with E-state index in [1.807, 2.05) is 0 Å². The number of rotatable bonds is 3. The van der Waals surface area contributed by atoms with Gasteiger partial charge in [0.1, 0.15) is 0 Å². The van der Waals surface area contributed by atoms with Crippen molar-refractivity contribution in [3.8, 4) is 5.88 Å². The maximum Gasteiger partial charge on any atom is 0.226 e. The minimum absolute atomic E-state index is 0.517. The zero-order chi connectivity index (χ0) is 11.4. The second kappa shape index (κ2) is 5.14. The SMILES string of the molecule is COc1ccnc(N[C@H]2CC[C@H](C)CC2)n1. The first kappa shape index (κ1) is 11.2. The van der Waals surface area contributed by atoms with Crippen LogP contribution in [-0.4, -0.2) is 23.1 Å². The van der Waals surface area contributed by atoms with E-state index in [4.69, 9.17) is 4.74 Å². The van der Waals surface area contributed by atoms with Crippen LogP contribution in [0.4, 0.5) is 5.95 Å². The quantitative estimate of drug-likeness (QED) is 0.851. The third kappa shape index (κ3) is 2.84. The number of hydrogen-bond donors (Lipinski definition) is 1. The lowest BCUT2D eigenvalue weighted by Gasteiger charge is -2.26. The summed E-state index contributed by atoms with van der Waals surface area (Å²) >= 11 is 0. The molecule has 0 saturated heterocycles. The molecule has 0 spiro atoms. The maximum absolute atomic E-state index is 5.07. The Morgan fingerprint density at radius 3 is 2.75 bits per heavy atom. The van der Waals surface area contributed by atoms with Crippen molar-refractivity contribution in [2.45, 2.75) is 38.6 Å². The van der Waals surface area contributed by atoms with Gasteiger partial charge in [0.05, 0.1) is 7.11 Å². The summed E-state index contributed by atoms with van der Waals surface area (Å²) in [6.45, 7) is 2.32. The van der Waals surface area contributed by atoms with E-state index in [9.17, 15) is 0 Å². The molecule has 1 saturated carbocycles. The first-order chi connectivity index (χ1) is 7.78. The van der Waals surface area contributed by atoms with Crippen molar-refractivity contribution in [1.29, 1.82) is 0 Å². The molecule has 0 amide bonds. The number of nitrogens with one attached hydrogen (secondary N) is 1. The fourth-order valence-electron chi connectivity index (χ4n) is 2.11. The van der Waals surface area contributed by atoms with Crippen molar-refractivity contribution in [3.05, 3.63) is 12.3 Å².